The molecule has 0 spiro atoms. The van der Waals surface area contributed by atoms with Crippen LogP contribution >= 0.6 is 0 Å². The number of hydrogen-bond acceptors (Lipinski definition) is 2. The van der Waals surface area contributed by atoms with Gasteiger partial charge in [0.25, 0.3) is 0 Å². The Hall–Kier alpha value is -2.13. The highest BCUT2D eigenvalue weighted by molar-refractivity contribution is 5.83. The summed E-state index contributed by atoms with van der Waals surface area (Å²) in [5.74, 6) is -0.163. The molecule has 0 aliphatic carbocycles. The molecule has 3 nitrogen and oxygen atoms in total. The van der Waals surface area contributed by atoms with Crippen LogP contribution in [0.25, 0.3) is 0 Å². The Balaban J connectivity index is 2.02. The molecular weight excluding hydrogens is 248 g/mol. The van der Waals surface area contributed by atoms with Gasteiger partial charge in [0, 0.05) is 0 Å². The highest BCUT2D eigenvalue weighted by Crippen LogP contribution is 2.15. The molecule has 2 aromatic rings. The number of carbonyl (C=O) groups excluding carboxylic acids is 1. The summed E-state index contributed by atoms with van der Waals surface area (Å²) in [6.07, 6.45) is 0. The molecule has 104 valence electrons. The van der Waals surface area contributed by atoms with Crippen molar-refractivity contribution in [2.24, 2.45) is 5.73 Å². The zero-order chi connectivity index (χ0) is 14.5. The van der Waals surface area contributed by atoms with Crippen LogP contribution in [-0.2, 0) is 4.79 Å². The molecular formula is C17H20N2O. The van der Waals surface area contributed by atoms with Crippen LogP contribution in [0.3, 0.4) is 0 Å². The lowest BCUT2D eigenvalue weighted by Gasteiger charge is -2.18. The number of carbonyl (C=O) groups is 1. The van der Waals surface area contributed by atoms with E-state index in [0.717, 1.165) is 11.1 Å². The van der Waals surface area contributed by atoms with Crippen molar-refractivity contribution in [2.45, 2.75) is 25.9 Å². The number of benzene rings is 2. The summed E-state index contributed by atoms with van der Waals surface area (Å²) in [6, 6.07) is 16.8. The van der Waals surface area contributed by atoms with E-state index in [1.807, 2.05) is 68.4 Å². The molecule has 2 rings (SSSR count). The Kier molecular flexibility index (Phi) is 4.53. The van der Waals surface area contributed by atoms with E-state index in [4.69, 9.17) is 5.73 Å². The zero-order valence-electron chi connectivity index (χ0n) is 11.8. The van der Waals surface area contributed by atoms with Gasteiger partial charge in [-0.2, -0.15) is 0 Å². The molecule has 0 aliphatic heterocycles. The summed E-state index contributed by atoms with van der Waals surface area (Å²) >= 11 is 0. The second-order valence-electron chi connectivity index (χ2n) is 5.03. The summed E-state index contributed by atoms with van der Waals surface area (Å²) < 4.78 is 0. The van der Waals surface area contributed by atoms with Crippen molar-refractivity contribution in [2.75, 3.05) is 0 Å². The van der Waals surface area contributed by atoms with Gasteiger partial charge in [-0.1, -0.05) is 60.2 Å². The third kappa shape index (κ3) is 3.45. The molecule has 2 atom stereocenters. The molecule has 0 aromatic heterocycles. The van der Waals surface area contributed by atoms with Gasteiger partial charge < -0.3 is 11.1 Å². The maximum atomic E-state index is 12.2. The number of amides is 1. The highest BCUT2D eigenvalue weighted by atomic mass is 16.2. The van der Waals surface area contributed by atoms with Crippen molar-refractivity contribution in [3.63, 3.8) is 0 Å². The Labute approximate surface area is 119 Å². The Bertz CT molecular complexity index is 563. The molecule has 1 amide bonds. The second kappa shape index (κ2) is 6.35. The molecule has 1 unspecified atom stereocenters. The van der Waals surface area contributed by atoms with Crippen LogP contribution in [0.4, 0.5) is 0 Å². The van der Waals surface area contributed by atoms with Crippen molar-refractivity contribution in [1.82, 2.24) is 5.32 Å². The average molecular weight is 268 g/mol. The van der Waals surface area contributed by atoms with E-state index in [9.17, 15) is 4.79 Å². The van der Waals surface area contributed by atoms with Gasteiger partial charge in [-0.3, -0.25) is 4.79 Å². The highest BCUT2D eigenvalue weighted by Gasteiger charge is 2.17. The van der Waals surface area contributed by atoms with Crippen LogP contribution in [0.2, 0.25) is 0 Å². The SMILES string of the molecule is Cc1ccc([C@@H](C)NC(=O)C(N)c2ccccc2)cc1. The fourth-order valence-corrected chi connectivity index (χ4v) is 2.05. The van der Waals surface area contributed by atoms with Crippen molar-refractivity contribution >= 4 is 5.91 Å². The number of rotatable bonds is 4. The normalized spacial score (nSPS) is 13.6. The molecule has 3 heteroatoms. The van der Waals surface area contributed by atoms with E-state index in [2.05, 4.69) is 5.32 Å². The summed E-state index contributed by atoms with van der Waals surface area (Å²) in [7, 11) is 0. The minimum atomic E-state index is -0.635. The molecule has 0 radical (unpaired) electrons. The molecule has 2 aromatic carbocycles. The van der Waals surface area contributed by atoms with Crippen molar-refractivity contribution in [3.05, 3.63) is 71.3 Å². The van der Waals surface area contributed by atoms with Gasteiger partial charge in [0.2, 0.25) is 5.91 Å². The molecule has 3 N–H and O–H groups in total. The standard InChI is InChI=1S/C17H20N2O/c1-12-8-10-14(11-9-12)13(2)19-17(20)16(18)15-6-4-3-5-7-15/h3-11,13,16H,18H2,1-2H3,(H,19,20)/t13-,16?/m1/s1. The maximum Gasteiger partial charge on any atom is 0.241 e. The van der Waals surface area contributed by atoms with Crippen LogP contribution in [0, 0.1) is 6.92 Å². The topological polar surface area (TPSA) is 55.1 Å². The van der Waals surface area contributed by atoms with Gasteiger partial charge in [0.05, 0.1) is 6.04 Å². The van der Waals surface area contributed by atoms with Crippen LogP contribution in [0.15, 0.2) is 54.6 Å². The molecule has 20 heavy (non-hydrogen) atoms. The predicted octanol–water partition coefficient (Wildman–Crippen LogP) is 2.87. The molecule has 0 saturated heterocycles. The largest absolute Gasteiger partial charge is 0.348 e. The summed E-state index contributed by atoms with van der Waals surface area (Å²) in [5, 5.41) is 2.95. The molecule has 0 heterocycles. The van der Waals surface area contributed by atoms with Crippen molar-refractivity contribution in [1.29, 1.82) is 0 Å². The van der Waals surface area contributed by atoms with E-state index in [1.54, 1.807) is 0 Å². The smallest absolute Gasteiger partial charge is 0.241 e. The quantitative estimate of drug-likeness (QED) is 0.896. The third-order valence-corrected chi connectivity index (χ3v) is 3.38. The molecule has 0 saturated carbocycles. The fourth-order valence-electron chi connectivity index (χ4n) is 2.05. The maximum absolute atomic E-state index is 12.2. The van der Waals surface area contributed by atoms with Gasteiger partial charge in [0.15, 0.2) is 0 Å². The number of nitrogens with two attached hydrogens (primary N) is 1. The van der Waals surface area contributed by atoms with Gasteiger partial charge >= 0.3 is 0 Å². The van der Waals surface area contributed by atoms with E-state index in [-0.39, 0.29) is 11.9 Å². The van der Waals surface area contributed by atoms with E-state index >= 15 is 0 Å². The first-order valence-corrected chi connectivity index (χ1v) is 6.75. The number of aryl methyl sites for hydroxylation is 1. The lowest BCUT2D eigenvalue weighted by atomic mass is 10.0. The number of nitrogens with one attached hydrogen (secondary N) is 1. The lowest BCUT2D eigenvalue weighted by molar-refractivity contribution is -0.123. The lowest BCUT2D eigenvalue weighted by Crippen LogP contribution is -2.35. The average Bonchev–Trinajstić information content (AvgIpc) is 2.48. The summed E-state index contributed by atoms with van der Waals surface area (Å²) in [6.45, 7) is 4.00. The first-order valence-electron chi connectivity index (χ1n) is 6.75. The van der Waals surface area contributed by atoms with Crippen LogP contribution in [0.5, 0.6) is 0 Å². The third-order valence-electron chi connectivity index (χ3n) is 3.38. The summed E-state index contributed by atoms with van der Waals surface area (Å²) in [5.41, 5.74) is 9.07. The van der Waals surface area contributed by atoms with Crippen molar-refractivity contribution in [3.8, 4) is 0 Å². The van der Waals surface area contributed by atoms with E-state index in [0.29, 0.717) is 0 Å². The minimum Gasteiger partial charge on any atom is -0.348 e. The fraction of sp³-hybridized carbons (Fsp3) is 0.235. The van der Waals surface area contributed by atoms with Crippen molar-refractivity contribution < 1.29 is 4.79 Å². The zero-order valence-corrected chi connectivity index (χ0v) is 11.8. The van der Waals surface area contributed by atoms with Crippen LogP contribution < -0.4 is 11.1 Å². The second-order valence-corrected chi connectivity index (χ2v) is 5.03. The molecule has 0 bridgehead atoms. The first-order chi connectivity index (χ1) is 9.58. The summed E-state index contributed by atoms with van der Waals surface area (Å²) in [4.78, 5) is 12.2. The van der Waals surface area contributed by atoms with Gasteiger partial charge in [-0.05, 0) is 25.0 Å². The monoisotopic (exact) mass is 268 g/mol. The van der Waals surface area contributed by atoms with Gasteiger partial charge in [-0.25, -0.2) is 0 Å². The minimum absolute atomic E-state index is 0.0575. The Morgan fingerprint density at radius 3 is 2.20 bits per heavy atom. The van der Waals surface area contributed by atoms with Gasteiger partial charge in [-0.15, -0.1) is 0 Å². The molecule has 0 fully saturated rings. The first kappa shape index (κ1) is 14.3. The Morgan fingerprint density at radius 1 is 1.00 bits per heavy atom. The molecule has 0 aliphatic rings. The predicted molar refractivity (Wildman–Crippen MR) is 81.1 cm³/mol. The van der Waals surface area contributed by atoms with Gasteiger partial charge in [0.1, 0.15) is 6.04 Å². The van der Waals surface area contributed by atoms with Crippen LogP contribution in [-0.4, -0.2) is 5.91 Å². The van der Waals surface area contributed by atoms with Crippen LogP contribution in [0.1, 0.15) is 35.7 Å². The number of hydrogen-bond donors (Lipinski definition) is 2. The Morgan fingerprint density at radius 2 is 1.60 bits per heavy atom. The van der Waals surface area contributed by atoms with E-state index in [1.165, 1.54) is 5.56 Å². The van der Waals surface area contributed by atoms with E-state index < -0.39 is 6.04 Å².